The van der Waals surface area contributed by atoms with E-state index in [0.29, 0.717) is 11.6 Å². The van der Waals surface area contributed by atoms with Gasteiger partial charge in [0.15, 0.2) is 11.5 Å². The van der Waals surface area contributed by atoms with E-state index in [2.05, 4.69) is 11.6 Å². The van der Waals surface area contributed by atoms with Crippen molar-refractivity contribution in [1.82, 2.24) is 4.98 Å². The summed E-state index contributed by atoms with van der Waals surface area (Å²) in [4.78, 5) is 3.98. The third-order valence-electron chi connectivity index (χ3n) is 1.64. The van der Waals surface area contributed by atoms with Crippen molar-refractivity contribution in [2.24, 2.45) is 0 Å². The Labute approximate surface area is 89.0 Å². The van der Waals surface area contributed by atoms with E-state index in [1.54, 1.807) is 31.3 Å². The molecular weight excluding hydrogens is 190 g/mol. The van der Waals surface area contributed by atoms with Crippen molar-refractivity contribution in [3.63, 3.8) is 0 Å². The quantitative estimate of drug-likeness (QED) is 0.604. The van der Waals surface area contributed by atoms with Crippen LogP contribution in [0.25, 0.3) is 0 Å². The van der Waals surface area contributed by atoms with E-state index in [0.717, 1.165) is 0 Å². The Kier molecular flexibility index (Phi) is 4.16. The number of ether oxygens (including phenoxy) is 1. The first-order chi connectivity index (χ1) is 7.27. The van der Waals surface area contributed by atoms with E-state index >= 15 is 0 Å². The van der Waals surface area contributed by atoms with Gasteiger partial charge in [-0.2, -0.15) is 0 Å². The molecule has 1 rings (SSSR count). The van der Waals surface area contributed by atoms with Crippen LogP contribution in [0.4, 0.5) is 0 Å². The Balaban J connectivity index is 2.80. The fourth-order valence-corrected chi connectivity index (χ4v) is 0.973. The standard InChI is InChI=1S/C12H13NO2/c1-3-7-10(14)11(4-2)15-12-8-5-6-9-13-12/h3-9,14H,1H2,2H3/b10-7+,11-4+. The molecule has 0 saturated heterocycles. The number of allylic oxidation sites excluding steroid dienone is 3. The topological polar surface area (TPSA) is 42.4 Å². The van der Waals surface area contributed by atoms with Crippen LogP contribution in [-0.2, 0) is 0 Å². The lowest BCUT2D eigenvalue weighted by atomic mass is 10.3. The molecule has 1 aromatic rings. The van der Waals surface area contributed by atoms with Crippen LogP contribution in [0, 0.1) is 0 Å². The predicted molar refractivity (Wildman–Crippen MR) is 59.5 cm³/mol. The van der Waals surface area contributed by atoms with Crippen molar-refractivity contribution in [3.8, 4) is 5.88 Å². The molecule has 0 atom stereocenters. The highest BCUT2D eigenvalue weighted by atomic mass is 16.5. The number of hydrogen-bond acceptors (Lipinski definition) is 3. The molecule has 1 N–H and O–H groups in total. The molecule has 3 nitrogen and oxygen atoms in total. The van der Waals surface area contributed by atoms with Gasteiger partial charge in [-0.3, -0.25) is 0 Å². The van der Waals surface area contributed by atoms with Gasteiger partial charge >= 0.3 is 0 Å². The Hall–Kier alpha value is -2.03. The Morgan fingerprint density at radius 3 is 2.87 bits per heavy atom. The maximum absolute atomic E-state index is 9.54. The number of pyridine rings is 1. The summed E-state index contributed by atoms with van der Waals surface area (Å²) in [6.07, 6.45) is 6.22. The minimum Gasteiger partial charge on any atom is -0.504 e. The molecule has 0 unspecified atom stereocenters. The fourth-order valence-electron chi connectivity index (χ4n) is 0.973. The van der Waals surface area contributed by atoms with Gasteiger partial charge in [0.05, 0.1) is 0 Å². The summed E-state index contributed by atoms with van der Waals surface area (Å²) in [6, 6.07) is 5.32. The van der Waals surface area contributed by atoms with Gasteiger partial charge in [-0.15, -0.1) is 0 Å². The second-order valence-corrected chi connectivity index (χ2v) is 2.71. The van der Waals surface area contributed by atoms with Crippen molar-refractivity contribution in [2.75, 3.05) is 0 Å². The molecule has 1 heterocycles. The van der Waals surface area contributed by atoms with E-state index in [9.17, 15) is 5.11 Å². The predicted octanol–water partition coefficient (Wildman–Crippen LogP) is 2.99. The van der Waals surface area contributed by atoms with Crippen LogP contribution in [-0.4, -0.2) is 10.1 Å². The van der Waals surface area contributed by atoms with Gasteiger partial charge in [0.2, 0.25) is 5.88 Å². The molecule has 1 aromatic heterocycles. The van der Waals surface area contributed by atoms with Gasteiger partial charge in [0.25, 0.3) is 0 Å². The summed E-state index contributed by atoms with van der Waals surface area (Å²) >= 11 is 0. The smallest absolute Gasteiger partial charge is 0.219 e. The molecule has 78 valence electrons. The molecule has 0 bridgehead atoms. The molecule has 0 radical (unpaired) electrons. The van der Waals surface area contributed by atoms with E-state index in [-0.39, 0.29) is 5.76 Å². The highest BCUT2D eigenvalue weighted by molar-refractivity contribution is 5.26. The van der Waals surface area contributed by atoms with Crippen molar-refractivity contribution in [1.29, 1.82) is 0 Å². The SMILES string of the molecule is C=C/C=C(O)\C(=C/C)Oc1ccccn1. The van der Waals surface area contributed by atoms with Gasteiger partial charge in [0.1, 0.15) is 0 Å². The van der Waals surface area contributed by atoms with E-state index < -0.39 is 0 Å². The second-order valence-electron chi connectivity index (χ2n) is 2.71. The van der Waals surface area contributed by atoms with Crippen molar-refractivity contribution < 1.29 is 9.84 Å². The number of hydrogen-bond donors (Lipinski definition) is 1. The number of nitrogens with zero attached hydrogens (tertiary/aromatic N) is 1. The first-order valence-corrected chi connectivity index (χ1v) is 4.55. The van der Waals surface area contributed by atoms with Crippen molar-refractivity contribution in [2.45, 2.75) is 6.92 Å². The van der Waals surface area contributed by atoms with Crippen LogP contribution in [0.3, 0.4) is 0 Å². The van der Waals surface area contributed by atoms with Crippen LogP contribution < -0.4 is 4.74 Å². The fraction of sp³-hybridized carbons (Fsp3) is 0.0833. The number of rotatable bonds is 4. The molecular formula is C12H13NO2. The third kappa shape index (κ3) is 3.31. The Morgan fingerprint density at radius 1 is 1.53 bits per heavy atom. The molecule has 0 aliphatic rings. The highest BCUT2D eigenvalue weighted by Crippen LogP contribution is 2.13. The summed E-state index contributed by atoms with van der Waals surface area (Å²) < 4.78 is 5.36. The molecule has 15 heavy (non-hydrogen) atoms. The molecule has 0 aliphatic carbocycles. The number of aliphatic hydroxyl groups is 1. The van der Waals surface area contributed by atoms with E-state index in [1.165, 1.54) is 12.2 Å². The van der Waals surface area contributed by atoms with Gasteiger partial charge < -0.3 is 9.84 Å². The monoisotopic (exact) mass is 203 g/mol. The summed E-state index contributed by atoms with van der Waals surface area (Å²) in [5, 5.41) is 9.54. The third-order valence-corrected chi connectivity index (χ3v) is 1.64. The zero-order valence-electron chi connectivity index (χ0n) is 8.55. The molecule has 0 aromatic carbocycles. The lowest BCUT2D eigenvalue weighted by Gasteiger charge is -2.07. The van der Waals surface area contributed by atoms with Crippen molar-refractivity contribution in [3.05, 3.63) is 60.7 Å². The van der Waals surface area contributed by atoms with Gasteiger partial charge in [-0.1, -0.05) is 18.7 Å². The minimum absolute atomic E-state index is 0.0261. The van der Waals surface area contributed by atoms with Crippen LogP contribution in [0.15, 0.2) is 60.7 Å². The largest absolute Gasteiger partial charge is 0.504 e. The molecule has 0 amide bonds. The van der Waals surface area contributed by atoms with Crippen LogP contribution in [0.5, 0.6) is 5.88 Å². The molecule has 0 fully saturated rings. The Morgan fingerprint density at radius 2 is 2.33 bits per heavy atom. The van der Waals surface area contributed by atoms with Crippen molar-refractivity contribution >= 4 is 0 Å². The average molecular weight is 203 g/mol. The van der Waals surface area contributed by atoms with Crippen LogP contribution in [0.2, 0.25) is 0 Å². The maximum Gasteiger partial charge on any atom is 0.219 e. The maximum atomic E-state index is 9.54. The molecule has 0 saturated carbocycles. The summed E-state index contributed by atoms with van der Waals surface area (Å²) in [7, 11) is 0. The summed E-state index contributed by atoms with van der Waals surface area (Å²) in [5.74, 6) is 0.821. The van der Waals surface area contributed by atoms with Crippen LogP contribution in [0.1, 0.15) is 6.92 Å². The minimum atomic E-state index is 0.0261. The summed E-state index contributed by atoms with van der Waals surface area (Å²) in [5.41, 5.74) is 0. The Bertz CT molecular complexity index is 380. The number of aromatic nitrogens is 1. The normalized spacial score (nSPS) is 12.3. The highest BCUT2D eigenvalue weighted by Gasteiger charge is 2.04. The van der Waals surface area contributed by atoms with E-state index in [4.69, 9.17) is 4.74 Å². The van der Waals surface area contributed by atoms with E-state index in [1.807, 2.05) is 6.07 Å². The first kappa shape index (κ1) is 11.0. The van der Waals surface area contributed by atoms with Gasteiger partial charge in [0, 0.05) is 12.3 Å². The number of aliphatic hydroxyl groups excluding tert-OH is 1. The lowest BCUT2D eigenvalue weighted by Crippen LogP contribution is -1.99. The zero-order chi connectivity index (χ0) is 11.1. The second kappa shape index (κ2) is 5.65. The summed E-state index contributed by atoms with van der Waals surface area (Å²) in [6.45, 7) is 5.26. The average Bonchev–Trinajstić information content (AvgIpc) is 2.27. The molecule has 0 spiro atoms. The molecule has 0 aliphatic heterocycles. The van der Waals surface area contributed by atoms with Gasteiger partial charge in [-0.25, -0.2) is 4.98 Å². The first-order valence-electron chi connectivity index (χ1n) is 4.55. The lowest BCUT2D eigenvalue weighted by molar-refractivity contribution is 0.330. The van der Waals surface area contributed by atoms with Crippen LogP contribution >= 0.6 is 0 Å². The van der Waals surface area contributed by atoms with Gasteiger partial charge in [-0.05, 0) is 25.1 Å². The molecule has 3 heteroatoms. The zero-order valence-corrected chi connectivity index (χ0v) is 8.55.